The number of nitrogens with zero attached hydrogens (tertiary/aromatic N) is 1. The molecule has 0 amide bonds. The Kier molecular flexibility index (Phi) is 4.89. The Labute approximate surface area is 97.1 Å². The summed E-state index contributed by atoms with van der Waals surface area (Å²) in [5.74, 6) is 0. The van der Waals surface area contributed by atoms with Gasteiger partial charge in [-0.3, -0.25) is 0 Å². The van der Waals surface area contributed by atoms with E-state index in [1.165, 1.54) is 19.3 Å². The topological polar surface area (TPSA) is 24.9 Å². The predicted octanol–water partition coefficient (Wildman–Crippen LogP) is 4.03. The molecule has 15 heavy (non-hydrogen) atoms. The highest BCUT2D eigenvalue weighted by molar-refractivity contribution is 6.31. The van der Waals surface area contributed by atoms with Crippen LogP contribution < -0.4 is 5.32 Å². The monoisotopic (exact) mass is 226 g/mol. The molecule has 1 N–H and O–H groups in total. The molecule has 1 unspecified atom stereocenters. The van der Waals surface area contributed by atoms with Gasteiger partial charge >= 0.3 is 0 Å². The summed E-state index contributed by atoms with van der Waals surface area (Å²) in [6.45, 7) is 6.40. The van der Waals surface area contributed by atoms with E-state index >= 15 is 0 Å². The summed E-state index contributed by atoms with van der Waals surface area (Å²) >= 11 is 6.00. The molecule has 84 valence electrons. The van der Waals surface area contributed by atoms with Crippen LogP contribution in [0.25, 0.3) is 0 Å². The van der Waals surface area contributed by atoms with Crippen LogP contribution in [0.5, 0.6) is 0 Å². The van der Waals surface area contributed by atoms with Gasteiger partial charge in [0, 0.05) is 12.2 Å². The van der Waals surface area contributed by atoms with Gasteiger partial charge in [0.05, 0.1) is 5.69 Å². The van der Waals surface area contributed by atoms with Crippen molar-refractivity contribution in [3.05, 3.63) is 23.0 Å². The quantitative estimate of drug-likeness (QED) is 0.767. The number of pyridine rings is 1. The van der Waals surface area contributed by atoms with Crippen molar-refractivity contribution in [2.45, 2.75) is 46.1 Å². The molecule has 1 heterocycles. The summed E-state index contributed by atoms with van der Waals surface area (Å²) in [5.41, 5.74) is 2.07. The third kappa shape index (κ3) is 4.08. The number of nitrogens with one attached hydrogen (secondary N) is 1. The van der Waals surface area contributed by atoms with Crippen molar-refractivity contribution in [1.82, 2.24) is 4.98 Å². The molecule has 3 heteroatoms. The summed E-state index contributed by atoms with van der Waals surface area (Å²) < 4.78 is 0. The highest BCUT2D eigenvalue weighted by Crippen LogP contribution is 2.21. The van der Waals surface area contributed by atoms with E-state index in [9.17, 15) is 0 Å². The van der Waals surface area contributed by atoms with Crippen molar-refractivity contribution < 1.29 is 0 Å². The third-order valence-corrected chi connectivity index (χ3v) is 2.67. The fourth-order valence-electron chi connectivity index (χ4n) is 1.50. The van der Waals surface area contributed by atoms with Crippen LogP contribution in [0.3, 0.4) is 0 Å². The molecule has 0 aromatic carbocycles. The van der Waals surface area contributed by atoms with Crippen molar-refractivity contribution in [2.24, 2.45) is 0 Å². The molecule has 0 aliphatic rings. The Morgan fingerprint density at radius 2 is 2.27 bits per heavy atom. The van der Waals surface area contributed by atoms with Crippen molar-refractivity contribution in [1.29, 1.82) is 0 Å². The number of unbranched alkanes of at least 4 members (excludes halogenated alkanes) is 1. The average molecular weight is 227 g/mol. The van der Waals surface area contributed by atoms with Crippen LogP contribution in [0.4, 0.5) is 5.69 Å². The summed E-state index contributed by atoms with van der Waals surface area (Å²) in [6, 6.07) is 2.49. The summed E-state index contributed by atoms with van der Waals surface area (Å²) in [4.78, 5) is 4.11. The van der Waals surface area contributed by atoms with E-state index in [2.05, 4.69) is 24.1 Å². The first-order chi connectivity index (χ1) is 7.13. The van der Waals surface area contributed by atoms with Crippen LogP contribution in [0, 0.1) is 6.92 Å². The van der Waals surface area contributed by atoms with Gasteiger partial charge in [0.15, 0.2) is 5.15 Å². The Balaban J connectivity index is 2.59. The number of hydrogen-bond acceptors (Lipinski definition) is 2. The lowest BCUT2D eigenvalue weighted by molar-refractivity contribution is 0.645. The fourth-order valence-corrected chi connectivity index (χ4v) is 1.66. The van der Waals surface area contributed by atoms with Gasteiger partial charge in [0.2, 0.25) is 0 Å². The maximum atomic E-state index is 6.00. The fraction of sp³-hybridized carbons (Fsp3) is 0.583. The first kappa shape index (κ1) is 12.3. The van der Waals surface area contributed by atoms with Gasteiger partial charge in [0.1, 0.15) is 0 Å². The molecule has 0 aliphatic heterocycles. The van der Waals surface area contributed by atoms with Gasteiger partial charge < -0.3 is 5.32 Å². The van der Waals surface area contributed by atoms with E-state index in [1.807, 2.05) is 13.0 Å². The van der Waals surface area contributed by atoms with Crippen LogP contribution >= 0.6 is 11.6 Å². The van der Waals surface area contributed by atoms with E-state index in [1.54, 1.807) is 6.20 Å². The molecule has 1 aromatic rings. The standard InChI is InChI=1S/C12H19ClN2/c1-4-5-6-10(3)15-11-7-9(2)8-14-12(11)13/h7-8,10,15H,4-6H2,1-3H3. The average Bonchev–Trinajstić information content (AvgIpc) is 2.20. The molecular weight excluding hydrogens is 208 g/mol. The van der Waals surface area contributed by atoms with Crippen LogP contribution in [-0.4, -0.2) is 11.0 Å². The minimum absolute atomic E-state index is 0.450. The Bertz CT molecular complexity index is 312. The zero-order valence-electron chi connectivity index (χ0n) is 9.68. The van der Waals surface area contributed by atoms with Crippen LogP contribution in [0.2, 0.25) is 5.15 Å². The molecule has 1 rings (SSSR count). The van der Waals surface area contributed by atoms with Gasteiger partial charge in [-0.15, -0.1) is 0 Å². The number of halogens is 1. The van der Waals surface area contributed by atoms with E-state index in [0.717, 1.165) is 11.3 Å². The molecule has 0 bridgehead atoms. The number of anilines is 1. The SMILES string of the molecule is CCCCC(C)Nc1cc(C)cnc1Cl. The van der Waals surface area contributed by atoms with Gasteiger partial charge in [-0.2, -0.15) is 0 Å². The molecule has 0 saturated heterocycles. The normalized spacial score (nSPS) is 12.5. The van der Waals surface area contributed by atoms with E-state index in [-0.39, 0.29) is 0 Å². The van der Waals surface area contributed by atoms with E-state index < -0.39 is 0 Å². The maximum absolute atomic E-state index is 6.00. The molecular formula is C12H19ClN2. The first-order valence-electron chi connectivity index (χ1n) is 5.52. The lowest BCUT2D eigenvalue weighted by Gasteiger charge is -2.15. The van der Waals surface area contributed by atoms with Crippen molar-refractivity contribution in [3.63, 3.8) is 0 Å². The zero-order valence-corrected chi connectivity index (χ0v) is 10.4. The largest absolute Gasteiger partial charge is 0.380 e. The number of aryl methyl sites for hydroxylation is 1. The van der Waals surface area contributed by atoms with Gasteiger partial charge in [0.25, 0.3) is 0 Å². The predicted molar refractivity (Wildman–Crippen MR) is 66.6 cm³/mol. The Morgan fingerprint density at radius 1 is 1.53 bits per heavy atom. The summed E-state index contributed by atoms with van der Waals surface area (Å²) in [5, 5.41) is 3.95. The minimum atomic E-state index is 0.450. The first-order valence-corrected chi connectivity index (χ1v) is 5.90. The van der Waals surface area contributed by atoms with Crippen LogP contribution in [0.1, 0.15) is 38.7 Å². The molecule has 1 aromatic heterocycles. The van der Waals surface area contributed by atoms with Gasteiger partial charge in [-0.25, -0.2) is 4.98 Å². The van der Waals surface area contributed by atoms with Crippen LogP contribution in [0.15, 0.2) is 12.3 Å². The zero-order chi connectivity index (χ0) is 11.3. The van der Waals surface area contributed by atoms with Crippen LogP contribution in [-0.2, 0) is 0 Å². The van der Waals surface area contributed by atoms with E-state index in [4.69, 9.17) is 11.6 Å². The lowest BCUT2D eigenvalue weighted by Crippen LogP contribution is -2.15. The summed E-state index contributed by atoms with van der Waals surface area (Å²) in [6.07, 6.45) is 5.42. The molecule has 1 atom stereocenters. The molecule has 0 fully saturated rings. The highest BCUT2D eigenvalue weighted by atomic mass is 35.5. The second kappa shape index (κ2) is 5.96. The molecule has 0 radical (unpaired) electrons. The second-order valence-corrected chi connectivity index (χ2v) is 4.40. The Morgan fingerprint density at radius 3 is 2.93 bits per heavy atom. The molecule has 0 spiro atoms. The summed E-state index contributed by atoms with van der Waals surface area (Å²) in [7, 11) is 0. The third-order valence-electron chi connectivity index (χ3n) is 2.37. The minimum Gasteiger partial charge on any atom is -0.380 e. The van der Waals surface area contributed by atoms with Crippen molar-refractivity contribution in [2.75, 3.05) is 5.32 Å². The number of aromatic nitrogens is 1. The van der Waals surface area contributed by atoms with E-state index in [0.29, 0.717) is 11.2 Å². The molecule has 2 nitrogen and oxygen atoms in total. The molecule has 0 saturated carbocycles. The second-order valence-electron chi connectivity index (χ2n) is 4.04. The maximum Gasteiger partial charge on any atom is 0.152 e. The lowest BCUT2D eigenvalue weighted by atomic mass is 10.1. The van der Waals surface area contributed by atoms with Crippen molar-refractivity contribution in [3.8, 4) is 0 Å². The number of hydrogen-bond donors (Lipinski definition) is 1. The number of rotatable bonds is 5. The molecule has 0 aliphatic carbocycles. The van der Waals surface area contributed by atoms with Gasteiger partial charge in [-0.05, 0) is 31.9 Å². The smallest absolute Gasteiger partial charge is 0.152 e. The highest BCUT2D eigenvalue weighted by Gasteiger charge is 2.05. The van der Waals surface area contributed by atoms with Gasteiger partial charge in [-0.1, -0.05) is 31.4 Å². The van der Waals surface area contributed by atoms with Crippen molar-refractivity contribution >= 4 is 17.3 Å². The Hall–Kier alpha value is -0.760.